The Bertz CT molecular complexity index is 420. The number of ether oxygens (including phenoxy) is 1. The molecular formula is C12H14BrNO3. The number of aromatic nitrogens is 1. The topological polar surface area (TPSA) is 56.3 Å². The van der Waals surface area contributed by atoms with Crippen molar-refractivity contribution in [3.8, 4) is 0 Å². The highest BCUT2D eigenvalue weighted by molar-refractivity contribution is 9.10. The highest BCUT2D eigenvalue weighted by Crippen LogP contribution is 2.19. The van der Waals surface area contributed by atoms with E-state index in [0.29, 0.717) is 10.9 Å². The molecule has 17 heavy (non-hydrogen) atoms. The average Bonchev–Trinajstić information content (AvgIpc) is 2.30. The summed E-state index contributed by atoms with van der Waals surface area (Å²) in [5, 5.41) is 0. The molecule has 1 aromatic rings. The molecule has 0 bridgehead atoms. The third-order valence-corrected chi connectivity index (χ3v) is 2.93. The molecule has 0 aliphatic heterocycles. The molecule has 1 atom stereocenters. The number of ketones is 1. The lowest BCUT2D eigenvalue weighted by Gasteiger charge is -2.12. The summed E-state index contributed by atoms with van der Waals surface area (Å²) in [6.45, 7) is 3.76. The predicted molar refractivity (Wildman–Crippen MR) is 66.7 cm³/mol. The Labute approximate surface area is 109 Å². The second-order valence-electron chi connectivity index (χ2n) is 3.41. The van der Waals surface area contributed by atoms with E-state index in [1.165, 1.54) is 6.20 Å². The standard InChI is InChI=1S/C12H14BrNO3/c1-3-8(12(16)17-4-2)11(15)10-9(13)6-5-7-14-10/h5-8H,3-4H2,1-2H3. The fraction of sp³-hybridized carbons (Fsp3) is 0.417. The number of hydrogen-bond acceptors (Lipinski definition) is 4. The Hall–Kier alpha value is -1.23. The molecule has 4 nitrogen and oxygen atoms in total. The minimum atomic E-state index is -0.777. The maximum Gasteiger partial charge on any atom is 0.316 e. The molecule has 0 amide bonds. The Morgan fingerprint density at radius 3 is 2.71 bits per heavy atom. The Balaban J connectivity index is 2.94. The van der Waals surface area contributed by atoms with Crippen LogP contribution >= 0.6 is 15.9 Å². The summed E-state index contributed by atoms with van der Waals surface area (Å²) in [6, 6.07) is 3.43. The number of carbonyl (C=O) groups is 2. The minimum Gasteiger partial charge on any atom is -0.465 e. The zero-order chi connectivity index (χ0) is 12.8. The molecule has 0 saturated carbocycles. The molecule has 5 heteroatoms. The van der Waals surface area contributed by atoms with Crippen LogP contribution < -0.4 is 0 Å². The number of nitrogens with zero attached hydrogens (tertiary/aromatic N) is 1. The van der Waals surface area contributed by atoms with Gasteiger partial charge in [-0.05, 0) is 41.4 Å². The van der Waals surface area contributed by atoms with E-state index in [1.807, 2.05) is 0 Å². The summed E-state index contributed by atoms with van der Waals surface area (Å²) in [6.07, 6.45) is 1.93. The van der Waals surface area contributed by atoms with Gasteiger partial charge in [-0.1, -0.05) is 6.92 Å². The van der Waals surface area contributed by atoms with Crippen LogP contribution in [0.4, 0.5) is 0 Å². The van der Waals surface area contributed by atoms with Crippen molar-refractivity contribution >= 4 is 27.7 Å². The molecule has 0 fully saturated rings. The van der Waals surface area contributed by atoms with Gasteiger partial charge in [0.05, 0.1) is 6.61 Å². The summed E-state index contributed by atoms with van der Waals surface area (Å²) >= 11 is 3.25. The largest absolute Gasteiger partial charge is 0.465 e. The van der Waals surface area contributed by atoms with Crippen LogP contribution in [-0.2, 0) is 9.53 Å². The van der Waals surface area contributed by atoms with Gasteiger partial charge in [0.2, 0.25) is 0 Å². The van der Waals surface area contributed by atoms with E-state index in [2.05, 4.69) is 20.9 Å². The normalized spacial score (nSPS) is 11.9. The fourth-order valence-electron chi connectivity index (χ4n) is 1.43. The van der Waals surface area contributed by atoms with Crippen LogP contribution in [0.15, 0.2) is 22.8 Å². The molecule has 1 rings (SSSR count). The van der Waals surface area contributed by atoms with Crippen molar-refractivity contribution in [3.63, 3.8) is 0 Å². The second-order valence-corrected chi connectivity index (χ2v) is 4.27. The number of hydrogen-bond donors (Lipinski definition) is 0. The first-order valence-corrected chi connectivity index (χ1v) is 6.22. The van der Waals surface area contributed by atoms with E-state index >= 15 is 0 Å². The van der Waals surface area contributed by atoms with Crippen molar-refractivity contribution in [2.24, 2.45) is 5.92 Å². The molecule has 0 aromatic carbocycles. The number of pyridine rings is 1. The first-order chi connectivity index (χ1) is 8.11. The quantitative estimate of drug-likeness (QED) is 0.476. The minimum absolute atomic E-state index is 0.270. The zero-order valence-corrected chi connectivity index (χ0v) is 11.4. The summed E-state index contributed by atoms with van der Waals surface area (Å²) in [5.41, 5.74) is 0.271. The molecular weight excluding hydrogens is 286 g/mol. The number of esters is 1. The lowest BCUT2D eigenvalue weighted by atomic mass is 9.98. The van der Waals surface area contributed by atoms with Gasteiger partial charge in [0, 0.05) is 10.7 Å². The highest BCUT2D eigenvalue weighted by Gasteiger charge is 2.29. The summed E-state index contributed by atoms with van der Waals surface area (Å²) in [4.78, 5) is 27.7. The molecule has 1 heterocycles. The van der Waals surface area contributed by atoms with E-state index < -0.39 is 11.9 Å². The van der Waals surface area contributed by atoms with Crippen molar-refractivity contribution in [1.82, 2.24) is 4.98 Å². The number of halogens is 1. The van der Waals surface area contributed by atoms with Crippen LogP contribution in [0.3, 0.4) is 0 Å². The smallest absolute Gasteiger partial charge is 0.316 e. The van der Waals surface area contributed by atoms with Crippen LogP contribution in [0.2, 0.25) is 0 Å². The van der Waals surface area contributed by atoms with Crippen LogP contribution in [0.5, 0.6) is 0 Å². The van der Waals surface area contributed by atoms with Crippen LogP contribution in [0.25, 0.3) is 0 Å². The van der Waals surface area contributed by atoms with Gasteiger partial charge in [-0.25, -0.2) is 0 Å². The van der Waals surface area contributed by atoms with Crippen LogP contribution in [0, 0.1) is 5.92 Å². The average molecular weight is 300 g/mol. The van der Waals surface area contributed by atoms with Crippen LogP contribution in [-0.4, -0.2) is 23.3 Å². The van der Waals surface area contributed by atoms with Crippen molar-refractivity contribution in [2.75, 3.05) is 6.61 Å². The van der Waals surface area contributed by atoms with Gasteiger partial charge in [-0.15, -0.1) is 0 Å². The van der Waals surface area contributed by atoms with Gasteiger partial charge in [0.15, 0.2) is 5.78 Å². The molecule has 0 saturated heterocycles. The molecule has 1 unspecified atom stereocenters. The molecule has 0 aliphatic carbocycles. The van der Waals surface area contributed by atoms with Crippen molar-refractivity contribution in [2.45, 2.75) is 20.3 Å². The van der Waals surface area contributed by atoms with E-state index in [0.717, 1.165) is 0 Å². The van der Waals surface area contributed by atoms with Crippen LogP contribution in [0.1, 0.15) is 30.8 Å². The maximum atomic E-state index is 12.1. The summed E-state index contributed by atoms with van der Waals surface area (Å²) in [5.74, 6) is -1.57. The Kier molecular flexibility index (Phi) is 5.28. The van der Waals surface area contributed by atoms with Crippen molar-refractivity contribution in [3.05, 3.63) is 28.5 Å². The number of Topliss-reactive ketones (excluding diaryl/α,β-unsaturated/α-hetero) is 1. The molecule has 0 spiro atoms. The first kappa shape index (κ1) is 13.8. The fourth-order valence-corrected chi connectivity index (χ4v) is 1.88. The molecule has 0 radical (unpaired) electrons. The summed E-state index contributed by atoms with van der Waals surface area (Å²) in [7, 11) is 0. The van der Waals surface area contributed by atoms with Gasteiger partial charge < -0.3 is 4.74 Å². The third-order valence-electron chi connectivity index (χ3n) is 2.29. The van der Waals surface area contributed by atoms with Gasteiger partial charge >= 0.3 is 5.97 Å². The monoisotopic (exact) mass is 299 g/mol. The van der Waals surface area contributed by atoms with Gasteiger partial charge in [0.1, 0.15) is 11.6 Å². The van der Waals surface area contributed by atoms with Gasteiger partial charge in [-0.2, -0.15) is 0 Å². The number of rotatable bonds is 5. The van der Waals surface area contributed by atoms with E-state index in [1.54, 1.807) is 26.0 Å². The summed E-state index contributed by atoms with van der Waals surface area (Å²) < 4.78 is 5.47. The second kappa shape index (κ2) is 6.49. The SMILES string of the molecule is CCOC(=O)C(CC)C(=O)c1ncccc1Br. The molecule has 0 aliphatic rings. The molecule has 92 valence electrons. The number of carbonyl (C=O) groups excluding carboxylic acids is 2. The predicted octanol–water partition coefficient (Wildman–Crippen LogP) is 2.62. The Morgan fingerprint density at radius 1 is 1.47 bits per heavy atom. The van der Waals surface area contributed by atoms with E-state index in [4.69, 9.17) is 4.74 Å². The van der Waals surface area contributed by atoms with Crippen molar-refractivity contribution < 1.29 is 14.3 Å². The van der Waals surface area contributed by atoms with E-state index in [9.17, 15) is 9.59 Å². The van der Waals surface area contributed by atoms with Crippen molar-refractivity contribution in [1.29, 1.82) is 0 Å². The highest BCUT2D eigenvalue weighted by atomic mass is 79.9. The maximum absolute atomic E-state index is 12.1. The molecule has 1 aromatic heterocycles. The first-order valence-electron chi connectivity index (χ1n) is 5.43. The lowest BCUT2D eigenvalue weighted by molar-refractivity contribution is -0.146. The van der Waals surface area contributed by atoms with Gasteiger partial charge in [0.25, 0.3) is 0 Å². The van der Waals surface area contributed by atoms with E-state index in [-0.39, 0.29) is 18.1 Å². The molecule has 0 N–H and O–H groups in total. The Morgan fingerprint density at radius 2 is 2.18 bits per heavy atom. The third kappa shape index (κ3) is 3.36. The lowest BCUT2D eigenvalue weighted by Crippen LogP contribution is -2.26. The zero-order valence-electron chi connectivity index (χ0n) is 9.77. The van der Waals surface area contributed by atoms with Gasteiger partial charge in [-0.3, -0.25) is 14.6 Å².